The fourth-order valence-corrected chi connectivity index (χ4v) is 2.52. The van der Waals surface area contributed by atoms with Gasteiger partial charge in [0.1, 0.15) is 23.2 Å². The highest BCUT2D eigenvalue weighted by atomic mass is 79.9. The Morgan fingerprint density at radius 1 is 1.05 bits per heavy atom. The molecule has 0 amide bonds. The second kappa shape index (κ2) is 5.85. The van der Waals surface area contributed by atoms with Crippen LogP contribution in [0.25, 0.3) is 0 Å². The van der Waals surface area contributed by atoms with Gasteiger partial charge in [0.2, 0.25) is 0 Å². The van der Waals surface area contributed by atoms with Crippen LogP contribution in [0.4, 0.5) is 13.2 Å². The van der Waals surface area contributed by atoms with Gasteiger partial charge in [-0.05, 0) is 12.1 Å². The molecule has 106 valence electrons. The molecule has 0 aliphatic carbocycles. The lowest BCUT2D eigenvalue weighted by Crippen LogP contribution is -2.18. The molecule has 1 atom stereocenters. The first-order valence-electron chi connectivity index (χ1n) is 5.68. The van der Waals surface area contributed by atoms with E-state index in [1.165, 1.54) is 19.2 Å². The first kappa shape index (κ1) is 14.9. The summed E-state index contributed by atoms with van der Waals surface area (Å²) in [4.78, 5) is 0. The molecule has 0 aromatic heterocycles. The Kier molecular flexibility index (Phi) is 4.35. The molecule has 20 heavy (non-hydrogen) atoms. The topological polar surface area (TPSA) is 35.2 Å². The molecule has 0 fully saturated rings. The van der Waals surface area contributed by atoms with Crippen molar-refractivity contribution in [2.45, 2.75) is 6.04 Å². The van der Waals surface area contributed by atoms with Gasteiger partial charge in [0, 0.05) is 27.7 Å². The number of benzene rings is 2. The summed E-state index contributed by atoms with van der Waals surface area (Å²) in [5.41, 5.74) is 5.41. The Morgan fingerprint density at radius 3 is 2.15 bits per heavy atom. The molecule has 6 heteroatoms. The molecule has 0 bridgehead atoms. The van der Waals surface area contributed by atoms with Crippen LogP contribution in [-0.2, 0) is 0 Å². The van der Waals surface area contributed by atoms with Gasteiger partial charge in [-0.15, -0.1) is 0 Å². The number of halogens is 4. The molecule has 2 rings (SSSR count). The van der Waals surface area contributed by atoms with Crippen LogP contribution >= 0.6 is 15.9 Å². The molecule has 0 aliphatic rings. The highest BCUT2D eigenvalue weighted by molar-refractivity contribution is 9.10. The third kappa shape index (κ3) is 2.66. The van der Waals surface area contributed by atoms with Crippen LogP contribution in [-0.4, -0.2) is 7.11 Å². The Labute approximate surface area is 122 Å². The van der Waals surface area contributed by atoms with Crippen molar-refractivity contribution < 1.29 is 17.9 Å². The summed E-state index contributed by atoms with van der Waals surface area (Å²) in [7, 11) is 1.29. The van der Waals surface area contributed by atoms with E-state index in [0.29, 0.717) is 4.47 Å². The Morgan fingerprint density at radius 2 is 1.65 bits per heavy atom. The van der Waals surface area contributed by atoms with Crippen molar-refractivity contribution in [1.29, 1.82) is 0 Å². The highest BCUT2D eigenvalue weighted by Gasteiger charge is 2.24. The molecule has 0 radical (unpaired) electrons. The molecular formula is C14H11BrF3NO. The Hall–Kier alpha value is -1.53. The van der Waals surface area contributed by atoms with Crippen LogP contribution in [0.5, 0.6) is 5.75 Å². The van der Waals surface area contributed by atoms with E-state index in [2.05, 4.69) is 15.9 Å². The smallest absolute Gasteiger partial charge is 0.134 e. The summed E-state index contributed by atoms with van der Waals surface area (Å²) in [5, 5.41) is 0. The van der Waals surface area contributed by atoms with Crippen molar-refractivity contribution in [2.24, 2.45) is 5.73 Å². The summed E-state index contributed by atoms with van der Waals surface area (Å²) in [6.45, 7) is 0. The van der Waals surface area contributed by atoms with Crippen molar-refractivity contribution >= 4 is 15.9 Å². The zero-order chi connectivity index (χ0) is 14.9. The first-order valence-corrected chi connectivity index (χ1v) is 6.47. The lowest BCUT2D eigenvalue weighted by molar-refractivity contribution is 0.404. The molecule has 0 saturated heterocycles. The molecule has 0 spiro atoms. The van der Waals surface area contributed by atoms with E-state index in [-0.39, 0.29) is 11.3 Å². The number of rotatable bonds is 3. The number of nitrogens with two attached hydrogens (primary N) is 1. The second-order valence-corrected chi connectivity index (χ2v) is 4.97. The molecule has 2 nitrogen and oxygen atoms in total. The van der Waals surface area contributed by atoms with E-state index >= 15 is 0 Å². The van der Waals surface area contributed by atoms with Gasteiger partial charge in [-0.3, -0.25) is 0 Å². The van der Waals surface area contributed by atoms with E-state index < -0.39 is 29.1 Å². The monoisotopic (exact) mass is 345 g/mol. The standard InChI is InChI=1S/C14H11BrF3NO/c1-20-7-5-10(17)13(11(18)6-7)14(19)12-8(15)3-2-4-9(12)16/h2-6,14H,19H2,1H3. The van der Waals surface area contributed by atoms with E-state index in [4.69, 9.17) is 10.5 Å². The summed E-state index contributed by atoms with van der Waals surface area (Å²) >= 11 is 3.13. The SMILES string of the molecule is COc1cc(F)c(C(N)c2c(F)cccc2Br)c(F)c1. The zero-order valence-electron chi connectivity index (χ0n) is 10.5. The second-order valence-electron chi connectivity index (χ2n) is 4.12. The average Bonchev–Trinajstić information content (AvgIpc) is 2.37. The Balaban J connectivity index is 2.57. The lowest BCUT2D eigenvalue weighted by atomic mass is 9.98. The van der Waals surface area contributed by atoms with E-state index in [1.54, 1.807) is 6.07 Å². The fourth-order valence-electron chi connectivity index (χ4n) is 1.93. The summed E-state index contributed by atoms with van der Waals surface area (Å²) in [6.07, 6.45) is 0. The van der Waals surface area contributed by atoms with Gasteiger partial charge in [-0.2, -0.15) is 0 Å². The molecule has 1 unspecified atom stereocenters. The van der Waals surface area contributed by atoms with Crippen LogP contribution in [0.2, 0.25) is 0 Å². The summed E-state index contributed by atoms with van der Waals surface area (Å²) < 4.78 is 46.8. The normalized spacial score (nSPS) is 12.3. The highest BCUT2D eigenvalue weighted by Crippen LogP contribution is 2.33. The number of hydrogen-bond donors (Lipinski definition) is 1. The van der Waals surface area contributed by atoms with Gasteiger partial charge in [0.05, 0.1) is 13.2 Å². The van der Waals surface area contributed by atoms with Crippen LogP contribution < -0.4 is 10.5 Å². The number of methoxy groups -OCH3 is 1. The third-order valence-electron chi connectivity index (χ3n) is 2.91. The lowest BCUT2D eigenvalue weighted by Gasteiger charge is -2.17. The predicted octanol–water partition coefficient (Wildman–Crippen LogP) is 3.92. The van der Waals surface area contributed by atoms with Gasteiger partial charge in [0.25, 0.3) is 0 Å². The van der Waals surface area contributed by atoms with Gasteiger partial charge >= 0.3 is 0 Å². The summed E-state index contributed by atoms with van der Waals surface area (Å²) in [5.74, 6) is -2.38. The van der Waals surface area contributed by atoms with Crippen molar-refractivity contribution in [3.63, 3.8) is 0 Å². The molecular weight excluding hydrogens is 335 g/mol. The van der Waals surface area contributed by atoms with E-state index in [9.17, 15) is 13.2 Å². The predicted molar refractivity (Wildman–Crippen MR) is 73.0 cm³/mol. The van der Waals surface area contributed by atoms with Crippen LogP contribution in [0.3, 0.4) is 0 Å². The molecule has 0 aliphatic heterocycles. The van der Waals surface area contributed by atoms with Gasteiger partial charge in [-0.1, -0.05) is 22.0 Å². The molecule has 0 saturated carbocycles. The van der Waals surface area contributed by atoms with Crippen molar-refractivity contribution in [3.8, 4) is 5.75 Å². The van der Waals surface area contributed by atoms with E-state index in [1.807, 2.05) is 0 Å². The average molecular weight is 346 g/mol. The zero-order valence-corrected chi connectivity index (χ0v) is 12.0. The maximum atomic E-state index is 14.0. The summed E-state index contributed by atoms with van der Waals surface area (Å²) in [6, 6.07) is 4.95. The number of ether oxygens (including phenoxy) is 1. The van der Waals surface area contributed by atoms with Gasteiger partial charge in [0.15, 0.2) is 0 Å². The number of hydrogen-bond acceptors (Lipinski definition) is 2. The minimum Gasteiger partial charge on any atom is -0.497 e. The van der Waals surface area contributed by atoms with Crippen molar-refractivity contribution in [1.82, 2.24) is 0 Å². The Bertz CT molecular complexity index is 605. The van der Waals surface area contributed by atoms with Crippen LogP contribution in [0.15, 0.2) is 34.8 Å². The minimum absolute atomic E-state index is 0.00420. The molecule has 0 heterocycles. The molecule has 2 aromatic carbocycles. The van der Waals surface area contributed by atoms with Crippen molar-refractivity contribution in [2.75, 3.05) is 7.11 Å². The fraction of sp³-hybridized carbons (Fsp3) is 0.143. The maximum Gasteiger partial charge on any atom is 0.134 e. The third-order valence-corrected chi connectivity index (χ3v) is 3.60. The van der Waals surface area contributed by atoms with Crippen LogP contribution in [0.1, 0.15) is 17.2 Å². The maximum absolute atomic E-state index is 14.0. The van der Waals surface area contributed by atoms with Crippen LogP contribution in [0, 0.1) is 17.5 Å². The largest absolute Gasteiger partial charge is 0.497 e. The first-order chi connectivity index (χ1) is 9.45. The van der Waals surface area contributed by atoms with Gasteiger partial charge in [-0.25, -0.2) is 13.2 Å². The molecule has 2 N–H and O–H groups in total. The van der Waals surface area contributed by atoms with E-state index in [0.717, 1.165) is 12.1 Å². The van der Waals surface area contributed by atoms with Crippen molar-refractivity contribution in [3.05, 3.63) is 63.4 Å². The van der Waals surface area contributed by atoms with Gasteiger partial charge < -0.3 is 10.5 Å². The molecule has 2 aromatic rings. The minimum atomic E-state index is -1.27. The quantitative estimate of drug-likeness (QED) is 0.914.